The van der Waals surface area contributed by atoms with E-state index in [9.17, 15) is 9.59 Å². The average molecular weight is 367 g/mol. The van der Waals surface area contributed by atoms with Crippen molar-refractivity contribution in [3.8, 4) is 5.75 Å². The summed E-state index contributed by atoms with van der Waals surface area (Å²) in [5.74, 6) is 0.944. The van der Waals surface area contributed by atoms with Crippen molar-refractivity contribution in [1.29, 1.82) is 0 Å². The summed E-state index contributed by atoms with van der Waals surface area (Å²) in [5, 5.41) is 0. The number of aromatic nitrogens is 1. The Labute approximate surface area is 159 Å². The van der Waals surface area contributed by atoms with Gasteiger partial charge in [-0.1, -0.05) is 12.1 Å². The zero-order valence-corrected chi connectivity index (χ0v) is 15.6. The minimum Gasteiger partial charge on any atom is -0.497 e. The molecule has 0 aliphatic carbocycles. The molecule has 0 saturated carbocycles. The molecule has 0 unspecified atom stereocenters. The summed E-state index contributed by atoms with van der Waals surface area (Å²) < 4.78 is 5.23. The van der Waals surface area contributed by atoms with Crippen LogP contribution in [0, 0.1) is 0 Å². The van der Waals surface area contributed by atoms with Gasteiger partial charge in [-0.3, -0.25) is 14.6 Å². The van der Waals surface area contributed by atoms with Crippen LogP contribution in [-0.2, 0) is 11.2 Å². The monoisotopic (exact) mass is 367 g/mol. The zero-order valence-electron chi connectivity index (χ0n) is 15.6. The van der Waals surface area contributed by atoms with E-state index in [1.165, 1.54) is 0 Å². The molecular formula is C21H25N3O3. The van der Waals surface area contributed by atoms with Gasteiger partial charge in [-0.05, 0) is 42.7 Å². The second-order valence-electron chi connectivity index (χ2n) is 6.61. The molecule has 3 rings (SSSR count). The number of aryl methyl sites for hydroxylation is 1. The number of carbonyl (C=O) groups is 2. The molecule has 2 aromatic rings. The molecule has 142 valence electrons. The highest BCUT2D eigenvalue weighted by Gasteiger charge is 2.22. The molecule has 1 fully saturated rings. The van der Waals surface area contributed by atoms with Crippen molar-refractivity contribution >= 4 is 11.8 Å². The fourth-order valence-electron chi connectivity index (χ4n) is 3.28. The third-order valence-corrected chi connectivity index (χ3v) is 4.82. The second kappa shape index (κ2) is 9.16. The number of carbonyl (C=O) groups excluding carboxylic acids is 2. The summed E-state index contributed by atoms with van der Waals surface area (Å²) >= 11 is 0. The summed E-state index contributed by atoms with van der Waals surface area (Å²) in [6.07, 6.45) is 5.19. The van der Waals surface area contributed by atoms with E-state index in [0.717, 1.165) is 17.7 Å². The molecule has 0 spiro atoms. The number of amides is 2. The van der Waals surface area contributed by atoms with Crippen LogP contribution in [0.4, 0.5) is 0 Å². The average Bonchev–Trinajstić information content (AvgIpc) is 2.98. The van der Waals surface area contributed by atoms with Crippen molar-refractivity contribution in [3.63, 3.8) is 0 Å². The molecule has 1 aromatic carbocycles. The van der Waals surface area contributed by atoms with E-state index in [2.05, 4.69) is 4.98 Å². The van der Waals surface area contributed by atoms with Gasteiger partial charge in [-0.15, -0.1) is 0 Å². The standard InChI is InChI=1S/C21H25N3O3/c1-27-19-5-2-4-17(16-19)6-7-20(25)23-12-3-13-24(15-14-23)21(26)18-8-10-22-11-9-18/h2,4-5,8-11,16H,3,6-7,12-15H2,1H3. The van der Waals surface area contributed by atoms with E-state index in [0.29, 0.717) is 44.6 Å². The quantitative estimate of drug-likeness (QED) is 0.814. The van der Waals surface area contributed by atoms with E-state index >= 15 is 0 Å². The van der Waals surface area contributed by atoms with Gasteiger partial charge < -0.3 is 14.5 Å². The summed E-state index contributed by atoms with van der Waals surface area (Å²) in [6.45, 7) is 2.50. The number of hydrogen-bond acceptors (Lipinski definition) is 4. The van der Waals surface area contributed by atoms with Gasteiger partial charge in [0.2, 0.25) is 5.91 Å². The Hall–Kier alpha value is -2.89. The Balaban J connectivity index is 1.52. The molecule has 6 heteroatoms. The lowest BCUT2D eigenvalue weighted by atomic mass is 10.1. The first kappa shape index (κ1) is 18.9. The van der Waals surface area contributed by atoms with Gasteiger partial charge in [0, 0.05) is 50.6 Å². The molecule has 1 aliphatic heterocycles. The summed E-state index contributed by atoms with van der Waals surface area (Å²) in [5.41, 5.74) is 1.73. The first-order chi connectivity index (χ1) is 13.2. The van der Waals surface area contributed by atoms with Crippen molar-refractivity contribution in [2.45, 2.75) is 19.3 Å². The number of pyridine rings is 1. The van der Waals surface area contributed by atoms with Crippen molar-refractivity contribution in [2.24, 2.45) is 0 Å². The van der Waals surface area contributed by atoms with Crippen LogP contribution in [0.5, 0.6) is 5.75 Å². The predicted octanol–water partition coefficient (Wildman–Crippen LogP) is 2.40. The van der Waals surface area contributed by atoms with Crippen LogP contribution < -0.4 is 4.74 Å². The number of ether oxygens (including phenoxy) is 1. The molecule has 2 amide bonds. The molecule has 27 heavy (non-hydrogen) atoms. The van der Waals surface area contributed by atoms with Crippen LogP contribution in [-0.4, -0.2) is 59.9 Å². The molecule has 1 saturated heterocycles. The maximum atomic E-state index is 12.6. The van der Waals surface area contributed by atoms with Crippen LogP contribution in [0.3, 0.4) is 0 Å². The second-order valence-corrected chi connectivity index (χ2v) is 6.61. The molecule has 1 aromatic heterocycles. The van der Waals surface area contributed by atoms with Gasteiger partial charge in [-0.2, -0.15) is 0 Å². The molecule has 0 bridgehead atoms. The maximum absolute atomic E-state index is 12.6. The Morgan fingerprint density at radius 3 is 2.56 bits per heavy atom. The van der Waals surface area contributed by atoms with E-state index in [1.807, 2.05) is 34.1 Å². The van der Waals surface area contributed by atoms with Gasteiger partial charge in [0.05, 0.1) is 7.11 Å². The highest BCUT2D eigenvalue weighted by Crippen LogP contribution is 2.15. The third-order valence-electron chi connectivity index (χ3n) is 4.82. The van der Waals surface area contributed by atoms with Crippen LogP contribution in [0.25, 0.3) is 0 Å². The summed E-state index contributed by atoms with van der Waals surface area (Å²) in [6, 6.07) is 11.3. The van der Waals surface area contributed by atoms with E-state index < -0.39 is 0 Å². The predicted molar refractivity (Wildman–Crippen MR) is 103 cm³/mol. The SMILES string of the molecule is COc1cccc(CCC(=O)N2CCCN(C(=O)c3ccncc3)CC2)c1. The van der Waals surface area contributed by atoms with E-state index in [4.69, 9.17) is 4.74 Å². The van der Waals surface area contributed by atoms with Crippen molar-refractivity contribution < 1.29 is 14.3 Å². The van der Waals surface area contributed by atoms with E-state index in [1.54, 1.807) is 31.6 Å². The topological polar surface area (TPSA) is 62.7 Å². The van der Waals surface area contributed by atoms with Crippen LogP contribution in [0.2, 0.25) is 0 Å². The largest absolute Gasteiger partial charge is 0.497 e. The Morgan fingerprint density at radius 2 is 1.78 bits per heavy atom. The van der Waals surface area contributed by atoms with Crippen LogP contribution >= 0.6 is 0 Å². The Morgan fingerprint density at radius 1 is 1.04 bits per heavy atom. The number of methoxy groups -OCH3 is 1. The number of hydrogen-bond donors (Lipinski definition) is 0. The molecule has 0 N–H and O–H groups in total. The lowest BCUT2D eigenvalue weighted by Gasteiger charge is -2.22. The van der Waals surface area contributed by atoms with Crippen LogP contribution in [0.15, 0.2) is 48.8 Å². The summed E-state index contributed by atoms with van der Waals surface area (Å²) in [7, 11) is 1.64. The smallest absolute Gasteiger partial charge is 0.254 e. The molecule has 6 nitrogen and oxygen atoms in total. The highest BCUT2D eigenvalue weighted by atomic mass is 16.5. The van der Waals surface area contributed by atoms with Crippen LogP contribution in [0.1, 0.15) is 28.8 Å². The first-order valence-corrected chi connectivity index (χ1v) is 9.27. The highest BCUT2D eigenvalue weighted by molar-refractivity contribution is 5.94. The third kappa shape index (κ3) is 5.06. The normalized spacial score (nSPS) is 14.6. The number of nitrogens with zero attached hydrogens (tertiary/aromatic N) is 3. The Kier molecular flexibility index (Phi) is 6.41. The minimum atomic E-state index is 0.00285. The molecule has 0 radical (unpaired) electrons. The maximum Gasteiger partial charge on any atom is 0.254 e. The van der Waals surface area contributed by atoms with Crippen molar-refractivity contribution in [2.75, 3.05) is 33.3 Å². The van der Waals surface area contributed by atoms with Crippen molar-refractivity contribution in [3.05, 3.63) is 59.9 Å². The zero-order chi connectivity index (χ0) is 19.1. The van der Waals surface area contributed by atoms with Gasteiger partial charge >= 0.3 is 0 Å². The number of benzene rings is 1. The fraction of sp³-hybridized carbons (Fsp3) is 0.381. The fourth-order valence-corrected chi connectivity index (χ4v) is 3.28. The van der Waals surface area contributed by atoms with Gasteiger partial charge in [0.25, 0.3) is 5.91 Å². The lowest BCUT2D eigenvalue weighted by Crippen LogP contribution is -2.37. The molecule has 2 heterocycles. The minimum absolute atomic E-state index is 0.00285. The van der Waals surface area contributed by atoms with E-state index in [-0.39, 0.29) is 11.8 Å². The molecular weight excluding hydrogens is 342 g/mol. The first-order valence-electron chi connectivity index (χ1n) is 9.27. The van der Waals surface area contributed by atoms with Gasteiger partial charge in [0.15, 0.2) is 0 Å². The molecule has 1 aliphatic rings. The van der Waals surface area contributed by atoms with Gasteiger partial charge in [-0.25, -0.2) is 0 Å². The summed E-state index contributed by atoms with van der Waals surface area (Å²) in [4.78, 5) is 32.8. The molecule has 0 atom stereocenters. The number of rotatable bonds is 5. The van der Waals surface area contributed by atoms with Gasteiger partial charge in [0.1, 0.15) is 5.75 Å². The lowest BCUT2D eigenvalue weighted by molar-refractivity contribution is -0.131. The Bertz CT molecular complexity index is 779. The van der Waals surface area contributed by atoms with Crippen molar-refractivity contribution in [1.82, 2.24) is 14.8 Å².